The Bertz CT molecular complexity index is 1150. The summed E-state index contributed by atoms with van der Waals surface area (Å²) in [5.74, 6) is -0.448. The SMILES string of the molecule is Cc1cc([C@H](C(=O)N2C[C@H](O)C[C@H]2C(=O)NCc2ccc(-c3scnc3C)cc2)C(C)C)no1. The molecule has 0 aliphatic carbocycles. The second-order valence-corrected chi connectivity index (χ2v) is 10.0. The number of hydrogen-bond donors (Lipinski definition) is 2. The molecule has 1 saturated heterocycles. The van der Waals surface area contributed by atoms with Gasteiger partial charge in [-0.2, -0.15) is 0 Å². The van der Waals surface area contributed by atoms with Gasteiger partial charge in [0, 0.05) is 25.6 Å². The fraction of sp³-hybridized carbons (Fsp3) is 0.440. The molecule has 1 aliphatic rings. The van der Waals surface area contributed by atoms with Crippen LogP contribution in [0.3, 0.4) is 0 Å². The summed E-state index contributed by atoms with van der Waals surface area (Å²) in [6, 6.07) is 9.01. The predicted octanol–water partition coefficient (Wildman–Crippen LogP) is 3.43. The molecule has 3 aromatic rings. The Balaban J connectivity index is 1.43. The summed E-state index contributed by atoms with van der Waals surface area (Å²) in [6.07, 6.45) is -0.530. The fourth-order valence-corrected chi connectivity index (χ4v) is 5.24. The van der Waals surface area contributed by atoms with Crippen LogP contribution in [-0.4, -0.2) is 50.7 Å². The second kappa shape index (κ2) is 10.1. The van der Waals surface area contributed by atoms with E-state index in [0.29, 0.717) is 18.0 Å². The van der Waals surface area contributed by atoms with Gasteiger partial charge in [0.15, 0.2) is 0 Å². The summed E-state index contributed by atoms with van der Waals surface area (Å²) in [4.78, 5) is 33.4. The number of rotatable bonds is 7. The van der Waals surface area contributed by atoms with Crippen molar-refractivity contribution >= 4 is 23.2 Å². The van der Waals surface area contributed by atoms with E-state index in [1.54, 1.807) is 24.3 Å². The molecule has 2 aromatic heterocycles. The van der Waals surface area contributed by atoms with Gasteiger partial charge >= 0.3 is 0 Å². The number of thiazole rings is 1. The molecular weight excluding hydrogens is 452 g/mol. The molecule has 8 nitrogen and oxygen atoms in total. The van der Waals surface area contributed by atoms with Gasteiger partial charge in [0.2, 0.25) is 11.8 Å². The number of aryl methyl sites for hydroxylation is 2. The smallest absolute Gasteiger partial charge is 0.243 e. The maximum atomic E-state index is 13.5. The van der Waals surface area contributed by atoms with Gasteiger partial charge in [0.05, 0.1) is 33.8 Å². The summed E-state index contributed by atoms with van der Waals surface area (Å²) in [5.41, 5.74) is 5.42. The first kappa shape index (κ1) is 24.1. The van der Waals surface area contributed by atoms with Gasteiger partial charge in [-0.05, 0) is 30.9 Å². The molecule has 0 radical (unpaired) electrons. The lowest BCUT2D eigenvalue weighted by molar-refractivity contribution is -0.140. The van der Waals surface area contributed by atoms with Gasteiger partial charge < -0.3 is 19.8 Å². The Hall–Kier alpha value is -3.04. The van der Waals surface area contributed by atoms with Crippen LogP contribution in [0.25, 0.3) is 10.4 Å². The highest BCUT2D eigenvalue weighted by atomic mass is 32.1. The largest absolute Gasteiger partial charge is 0.391 e. The molecule has 0 bridgehead atoms. The summed E-state index contributed by atoms with van der Waals surface area (Å²) < 4.78 is 5.18. The molecule has 1 aromatic carbocycles. The van der Waals surface area contributed by atoms with Crippen molar-refractivity contribution in [1.29, 1.82) is 0 Å². The molecule has 180 valence electrons. The van der Waals surface area contributed by atoms with Gasteiger partial charge in [0.25, 0.3) is 0 Å². The second-order valence-electron chi connectivity index (χ2n) is 9.16. The predicted molar refractivity (Wildman–Crippen MR) is 129 cm³/mol. The number of nitrogens with one attached hydrogen (secondary N) is 1. The molecule has 9 heteroatoms. The van der Waals surface area contributed by atoms with Crippen LogP contribution in [0.2, 0.25) is 0 Å². The van der Waals surface area contributed by atoms with Crippen molar-refractivity contribution in [3.63, 3.8) is 0 Å². The van der Waals surface area contributed by atoms with Crippen LogP contribution >= 0.6 is 11.3 Å². The number of aliphatic hydroxyl groups is 1. The number of likely N-dealkylation sites (tertiary alicyclic amines) is 1. The number of carbonyl (C=O) groups excluding carboxylic acids is 2. The Morgan fingerprint density at radius 3 is 2.59 bits per heavy atom. The Kier molecular flexibility index (Phi) is 7.13. The third-order valence-corrected chi connectivity index (χ3v) is 7.17. The number of nitrogens with zero attached hydrogens (tertiary/aromatic N) is 3. The van der Waals surface area contributed by atoms with Crippen molar-refractivity contribution in [2.24, 2.45) is 5.92 Å². The fourth-order valence-electron chi connectivity index (χ4n) is 4.43. The number of amides is 2. The number of β-amino-alcohol motifs (C(OH)–C–C–N with tert-alkyl or cyclic N) is 1. The lowest BCUT2D eigenvalue weighted by Crippen LogP contribution is -2.48. The van der Waals surface area contributed by atoms with E-state index >= 15 is 0 Å². The Morgan fingerprint density at radius 2 is 2.00 bits per heavy atom. The van der Waals surface area contributed by atoms with Gasteiger partial charge in [-0.1, -0.05) is 43.3 Å². The highest BCUT2D eigenvalue weighted by Crippen LogP contribution is 2.31. The average molecular weight is 483 g/mol. The normalized spacial score (nSPS) is 18.9. The summed E-state index contributed by atoms with van der Waals surface area (Å²) >= 11 is 1.60. The van der Waals surface area contributed by atoms with Gasteiger partial charge in [-0.25, -0.2) is 4.98 Å². The Labute approximate surface area is 203 Å². The number of aliphatic hydroxyl groups excluding tert-OH is 1. The van der Waals surface area contributed by atoms with Crippen LogP contribution in [0.15, 0.2) is 40.4 Å². The number of aromatic nitrogens is 2. The molecule has 2 amide bonds. The topological polar surface area (TPSA) is 109 Å². The molecule has 3 atom stereocenters. The average Bonchev–Trinajstić information content (AvgIpc) is 3.52. The first-order valence-electron chi connectivity index (χ1n) is 11.4. The van der Waals surface area contributed by atoms with Crippen LogP contribution in [-0.2, 0) is 16.1 Å². The van der Waals surface area contributed by atoms with E-state index in [1.165, 1.54) is 4.90 Å². The van der Waals surface area contributed by atoms with Crippen molar-refractivity contribution in [3.8, 4) is 10.4 Å². The van der Waals surface area contributed by atoms with E-state index in [0.717, 1.165) is 21.7 Å². The zero-order valence-corrected chi connectivity index (χ0v) is 20.6. The van der Waals surface area contributed by atoms with E-state index < -0.39 is 18.1 Å². The lowest BCUT2D eigenvalue weighted by atomic mass is 9.90. The highest BCUT2D eigenvalue weighted by Gasteiger charge is 2.42. The highest BCUT2D eigenvalue weighted by molar-refractivity contribution is 7.13. The van der Waals surface area contributed by atoms with E-state index in [9.17, 15) is 14.7 Å². The van der Waals surface area contributed by atoms with Gasteiger partial charge in [-0.15, -0.1) is 11.3 Å². The molecule has 1 aliphatic heterocycles. The lowest BCUT2D eigenvalue weighted by Gasteiger charge is -2.29. The maximum absolute atomic E-state index is 13.5. The zero-order chi connectivity index (χ0) is 24.4. The minimum Gasteiger partial charge on any atom is -0.391 e. The number of carbonyl (C=O) groups is 2. The van der Waals surface area contributed by atoms with Gasteiger partial charge in [-0.3, -0.25) is 9.59 Å². The molecule has 0 unspecified atom stereocenters. The molecule has 4 rings (SSSR count). The van der Waals surface area contributed by atoms with E-state index in [-0.39, 0.29) is 30.7 Å². The minimum atomic E-state index is -0.742. The third-order valence-electron chi connectivity index (χ3n) is 6.19. The van der Waals surface area contributed by atoms with Crippen LogP contribution in [0.5, 0.6) is 0 Å². The van der Waals surface area contributed by atoms with Crippen LogP contribution in [0, 0.1) is 19.8 Å². The molecular formula is C25H30N4O4S. The van der Waals surface area contributed by atoms with E-state index in [2.05, 4.69) is 15.5 Å². The van der Waals surface area contributed by atoms with Crippen molar-refractivity contribution in [1.82, 2.24) is 20.4 Å². The van der Waals surface area contributed by atoms with Crippen molar-refractivity contribution < 1.29 is 19.2 Å². The molecule has 0 spiro atoms. The Morgan fingerprint density at radius 1 is 1.26 bits per heavy atom. The molecule has 2 N–H and O–H groups in total. The number of hydrogen-bond acceptors (Lipinski definition) is 7. The number of benzene rings is 1. The van der Waals surface area contributed by atoms with Crippen molar-refractivity contribution in [2.75, 3.05) is 6.54 Å². The standard InChI is InChI=1S/C25H30N4O4S/c1-14(2)22(20-9-15(3)33-28-20)25(32)29-12-19(30)10-21(29)24(31)26-11-17-5-7-18(8-6-17)23-16(4)27-13-34-23/h5-9,13-14,19,21-22,30H,10-12H2,1-4H3,(H,26,31)/t19-,21+,22-/m1/s1. The van der Waals surface area contributed by atoms with Crippen molar-refractivity contribution in [2.45, 2.75) is 58.7 Å². The first-order chi connectivity index (χ1) is 16.2. The summed E-state index contributed by atoms with van der Waals surface area (Å²) in [6.45, 7) is 8.10. The quantitative estimate of drug-likeness (QED) is 0.534. The monoisotopic (exact) mass is 482 g/mol. The summed E-state index contributed by atoms with van der Waals surface area (Å²) in [7, 11) is 0. The minimum absolute atomic E-state index is 0.0425. The molecule has 3 heterocycles. The molecule has 0 saturated carbocycles. The zero-order valence-electron chi connectivity index (χ0n) is 19.8. The van der Waals surface area contributed by atoms with Crippen LogP contribution in [0.1, 0.15) is 48.9 Å². The van der Waals surface area contributed by atoms with Gasteiger partial charge in [0.1, 0.15) is 11.8 Å². The third kappa shape index (κ3) is 5.05. The molecule has 1 fully saturated rings. The first-order valence-corrected chi connectivity index (χ1v) is 12.3. The van der Waals surface area contributed by atoms with Crippen LogP contribution < -0.4 is 5.32 Å². The molecule has 34 heavy (non-hydrogen) atoms. The van der Waals surface area contributed by atoms with Crippen LogP contribution in [0.4, 0.5) is 0 Å². The summed E-state index contributed by atoms with van der Waals surface area (Å²) in [5, 5.41) is 17.3. The van der Waals surface area contributed by atoms with E-state index in [1.807, 2.05) is 50.5 Å². The maximum Gasteiger partial charge on any atom is 0.243 e. The van der Waals surface area contributed by atoms with Crippen molar-refractivity contribution in [3.05, 3.63) is 58.6 Å². The van der Waals surface area contributed by atoms with E-state index in [4.69, 9.17) is 4.52 Å².